The topological polar surface area (TPSA) is 66.6 Å². The average Bonchev–Trinajstić information content (AvgIpc) is 2.15. The normalized spacial score (nSPS) is 11.6. The van der Waals surface area contributed by atoms with Crippen molar-refractivity contribution in [3.63, 3.8) is 0 Å². The number of hydrogen-bond acceptors (Lipinski definition) is 3. The van der Waals surface area contributed by atoms with Crippen LogP contribution in [-0.4, -0.2) is 10.9 Å². The van der Waals surface area contributed by atoms with Crippen LogP contribution in [-0.2, 0) is 0 Å². The van der Waals surface area contributed by atoms with E-state index in [-0.39, 0.29) is 17.4 Å². The zero-order valence-corrected chi connectivity index (χ0v) is 11.9. The first kappa shape index (κ1) is 13.1. The second-order valence-corrected chi connectivity index (χ2v) is 5.11. The van der Waals surface area contributed by atoms with E-state index in [0.717, 1.165) is 0 Å². The third-order valence-electron chi connectivity index (χ3n) is 1.65. The molecule has 0 fully saturated rings. The smallest absolute Gasteiger partial charge is 0.472 e. The molecule has 0 aliphatic carbocycles. The highest BCUT2D eigenvalue weighted by Crippen LogP contribution is 2.38. The maximum atomic E-state index is 11.7. The Bertz CT molecular complexity index is 479. The lowest BCUT2D eigenvalue weighted by atomic mass is 10.3. The van der Waals surface area contributed by atoms with Gasteiger partial charge in [0, 0.05) is 10.5 Å². The van der Waals surface area contributed by atoms with Crippen molar-refractivity contribution in [1.29, 1.82) is 5.39 Å². The van der Waals surface area contributed by atoms with Gasteiger partial charge in [0.1, 0.15) is 10.5 Å². The molecule has 0 saturated carbocycles. The molecule has 0 unspecified atom stereocenters. The van der Waals surface area contributed by atoms with Crippen molar-refractivity contribution < 1.29 is 4.86 Å². The number of azo groups is 1. The summed E-state index contributed by atoms with van der Waals surface area (Å²) >= 11 is 6.45. The Morgan fingerprint density at radius 3 is 2.56 bits per heavy atom. The van der Waals surface area contributed by atoms with E-state index in [0.29, 0.717) is 13.8 Å². The Kier molecular flexibility index (Phi) is 4.38. The van der Waals surface area contributed by atoms with Gasteiger partial charge in [0.05, 0.1) is 0 Å². The molecule has 0 bridgehead atoms. The van der Waals surface area contributed by atoms with E-state index in [1.807, 2.05) is 0 Å². The minimum absolute atomic E-state index is 0.137. The van der Waals surface area contributed by atoms with Gasteiger partial charge >= 0.3 is 11.4 Å². The summed E-state index contributed by atoms with van der Waals surface area (Å²) in [4.78, 5) is 3.52. The van der Waals surface area contributed by atoms with Crippen LogP contribution in [0.1, 0.15) is 13.8 Å². The lowest BCUT2D eigenvalue weighted by Gasteiger charge is -2.00. The third kappa shape index (κ3) is 3.00. The molecule has 0 saturated heterocycles. The fourth-order valence-electron chi connectivity index (χ4n) is 1.07. The van der Waals surface area contributed by atoms with Gasteiger partial charge in [-0.2, -0.15) is 0 Å². The maximum absolute atomic E-state index is 11.7. The molecule has 0 aromatic heterocycles. The summed E-state index contributed by atoms with van der Waals surface area (Å²) in [6.45, 7) is 3.57. The van der Waals surface area contributed by atoms with Crippen LogP contribution in [0.5, 0.6) is 0 Å². The highest BCUT2D eigenvalue weighted by atomic mass is 79.9. The van der Waals surface area contributed by atoms with Gasteiger partial charge in [0.25, 0.3) is 0 Å². The van der Waals surface area contributed by atoms with E-state index in [1.165, 1.54) is 0 Å². The van der Waals surface area contributed by atoms with Gasteiger partial charge in [-0.1, -0.05) is 15.9 Å². The predicted molar refractivity (Wildman–Crippen MR) is 67.4 cm³/mol. The standard InChI is InChI=1S/C9H9Br2N4O/c1-5(2)14-15(16)8-4-6(10)3-7(11)9(8)13-12/h3-5H,1-2H3/q+1. The van der Waals surface area contributed by atoms with E-state index >= 15 is 0 Å². The van der Waals surface area contributed by atoms with Gasteiger partial charge in [0.15, 0.2) is 4.98 Å². The molecule has 0 atom stereocenters. The summed E-state index contributed by atoms with van der Waals surface area (Å²) in [5, 5.41) is 24.3. The number of halogens is 2. The molecule has 84 valence electrons. The Balaban J connectivity index is 3.39. The largest absolute Gasteiger partial charge is 0.594 e. The van der Waals surface area contributed by atoms with Gasteiger partial charge < -0.3 is 5.21 Å². The summed E-state index contributed by atoms with van der Waals surface area (Å²) in [6.07, 6.45) is 0. The van der Waals surface area contributed by atoms with Crippen LogP contribution < -0.4 is 0 Å². The summed E-state index contributed by atoms with van der Waals surface area (Å²) in [6, 6.07) is 3.09. The molecule has 0 aliphatic heterocycles. The molecule has 7 heteroatoms. The number of benzene rings is 1. The Hall–Kier alpha value is -1.00. The van der Waals surface area contributed by atoms with Crippen molar-refractivity contribution in [2.24, 2.45) is 5.11 Å². The zero-order chi connectivity index (χ0) is 12.3. The van der Waals surface area contributed by atoms with Crippen molar-refractivity contribution in [2.45, 2.75) is 19.9 Å². The van der Waals surface area contributed by atoms with Gasteiger partial charge in [0.2, 0.25) is 5.39 Å². The molecule has 1 aromatic carbocycles. The van der Waals surface area contributed by atoms with Gasteiger partial charge in [-0.25, -0.2) is 0 Å². The Morgan fingerprint density at radius 1 is 1.44 bits per heavy atom. The molecule has 1 rings (SSSR count). The zero-order valence-electron chi connectivity index (χ0n) is 8.69. The molecule has 1 aromatic rings. The van der Waals surface area contributed by atoms with Gasteiger partial charge in [-0.05, 0) is 45.8 Å². The first-order valence-electron chi connectivity index (χ1n) is 4.48. The minimum Gasteiger partial charge on any atom is -0.594 e. The first-order valence-corrected chi connectivity index (χ1v) is 6.06. The highest BCUT2D eigenvalue weighted by molar-refractivity contribution is 9.11. The van der Waals surface area contributed by atoms with Crippen LogP contribution in [0.4, 0.5) is 11.4 Å². The molecule has 0 amide bonds. The molecule has 0 aliphatic rings. The van der Waals surface area contributed by atoms with E-state index < -0.39 is 0 Å². The molecular weight excluding hydrogens is 340 g/mol. The van der Waals surface area contributed by atoms with E-state index in [9.17, 15) is 5.21 Å². The van der Waals surface area contributed by atoms with Crippen LogP contribution in [0, 0.1) is 10.6 Å². The van der Waals surface area contributed by atoms with E-state index in [1.54, 1.807) is 26.0 Å². The van der Waals surface area contributed by atoms with Crippen molar-refractivity contribution in [3.8, 4) is 0 Å². The van der Waals surface area contributed by atoms with Gasteiger partial charge in [-0.15, -0.1) is 0 Å². The molecule has 5 nitrogen and oxygen atoms in total. The molecule has 0 spiro atoms. The Morgan fingerprint density at radius 2 is 2.06 bits per heavy atom. The second kappa shape index (κ2) is 5.37. The van der Waals surface area contributed by atoms with Crippen LogP contribution in [0.2, 0.25) is 0 Å². The number of diazo groups is 1. The van der Waals surface area contributed by atoms with Crippen LogP contribution in [0.15, 0.2) is 26.2 Å². The fraction of sp³-hybridized carbons (Fsp3) is 0.333. The van der Waals surface area contributed by atoms with Crippen molar-refractivity contribution >= 4 is 43.2 Å². The van der Waals surface area contributed by atoms with Crippen molar-refractivity contribution in [2.75, 3.05) is 0 Å². The van der Waals surface area contributed by atoms with Gasteiger partial charge in [-0.3, -0.25) is 0 Å². The fourth-order valence-corrected chi connectivity index (χ4v) is 2.35. The lowest BCUT2D eigenvalue weighted by Crippen LogP contribution is -1.98. The van der Waals surface area contributed by atoms with Crippen molar-refractivity contribution in [1.82, 2.24) is 0 Å². The molecular formula is C9H9Br2N4O+. The maximum Gasteiger partial charge on any atom is 0.472 e. The first-order chi connectivity index (χ1) is 7.45. The summed E-state index contributed by atoms with van der Waals surface area (Å²) < 4.78 is 1.21. The molecule has 0 heterocycles. The quantitative estimate of drug-likeness (QED) is 0.336. The van der Waals surface area contributed by atoms with Crippen LogP contribution in [0.25, 0.3) is 4.98 Å². The third-order valence-corrected chi connectivity index (χ3v) is 2.71. The second-order valence-electron chi connectivity index (χ2n) is 3.34. The molecule has 16 heavy (non-hydrogen) atoms. The minimum atomic E-state index is -0.137. The molecule has 0 radical (unpaired) electrons. The highest BCUT2D eigenvalue weighted by Gasteiger charge is 2.28. The number of hydrogen-bond donors (Lipinski definition) is 0. The average molecular weight is 349 g/mol. The molecule has 0 N–H and O–H groups in total. The van der Waals surface area contributed by atoms with Crippen LogP contribution in [0.3, 0.4) is 0 Å². The van der Waals surface area contributed by atoms with Crippen LogP contribution >= 0.6 is 31.9 Å². The summed E-state index contributed by atoms with van der Waals surface area (Å²) in [7, 11) is 0. The summed E-state index contributed by atoms with van der Waals surface area (Å²) in [5.41, 5.74) is 0.333. The number of nitrogens with zero attached hydrogens (tertiary/aromatic N) is 4. The lowest BCUT2D eigenvalue weighted by molar-refractivity contribution is -0.444. The van der Waals surface area contributed by atoms with E-state index in [4.69, 9.17) is 5.39 Å². The SMILES string of the molecule is CC(C)N=[N+]([O-])c1cc(Br)cc(Br)c1[N+]#N. The predicted octanol–water partition coefficient (Wildman–Crippen LogP) is 4.70. The van der Waals surface area contributed by atoms with E-state index in [2.05, 4.69) is 42.0 Å². The van der Waals surface area contributed by atoms with Crippen molar-refractivity contribution in [3.05, 3.63) is 31.3 Å². The summed E-state index contributed by atoms with van der Waals surface area (Å²) in [5.74, 6) is 0. The Labute approximate surface area is 110 Å². The monoisotopic (exact) mass is 347 g/mol. The number of rotatable bonds is 2.